The van der Waals surface area contributed by atoms with E-state index in [9.17, 15) is 31.1 Å². The van der Waals surface area contributed by atoms with Crippen molar-refractivity contribution in [1.82, 2.24) is 14.7 Å². The summed E-state index contributed by atoms with van der Waals surface area (Å²) in [6, 6.07) is 5.49. The van der Waals surface area contributed by atoms with Crippen LogP contribution in [0, 0.1) is 0 Å². The largest absolute Gasteiger partial charge is 0.435 e. The number of amides is 1. The molecule has 0 aliphatic heterocycles. The summed E-state index contributed by atoms with van der Waals surface area (Å²) in [7, 11) is 1.27. The molecule has 25 heavy (non-hydrogen) atoms. The van der Waals surface area contributed by atoms with Gasteiger partial charge in [-0.1, -0.05) is 18.2 Å². The van der Waals surface area contributed by atoms with Gasteiger partial charge in [0.2, 0.25) is 5.91 Å². The van der Waals surface area contributed by atoms with Crippen LogP contribution >= 0.6 is 0 Å². The Kier molecular flexibility index (Phi) is 5.09. The van der Waals surface area contributed by atoms with E-state index in [0.29, 0.717) is 6.07 Å². The Balaban J connectivity index is 2.08. The smallest absolute Gasteiger partial charge is 0.340 e. The van der Waals surface area contributed by atoms with E-state index >= 15 is 0 Å². The molecule has 0 fully saturated rings. The summed E-state index contributed by atoms with van der Waals surface area (Å²) in [4.78, 5) is 13.0. The molecule has 0 aliphatic carbocycles. The average molecular weight is 365 g/mol. The molecular formula is C15H13F6N3O. The number of benzene rings is 1. The highest BCUT2D eigenvalue weighted by molar-refractivity contribution is 5.75. The van der Waals surface area contributed by atoms with Crippen molar-refractivity contribution in [3.8, 4) is 0 Å². The van der Waals surface area contributed by atoms with Crippen LogP contribution < -0.4 is 0 Å². The Morgan fingerprint density at radius 3 is 2.28 bits per heavy atom. The van der Waals surface area contributed by atoms with Gasteiger partial charge in [-0.15, -0.1) is 0 Å². The first-order valence-corrected chi connectivity index (χ1v) is 6.98. The van der Waals surface area contributed by atoms with Gasteiger partial charge in [0.15, 0.2) is 5.69 Å². The fraction of sp³-hybridized carbons (Fsp3) is 0.333. The van der Waals surface area contributed by atoms with E-state index in [1.165, 1.54) is 25.2 Å². The number of halogens is 6. The minimum atomic E-state index is -4.63. The van der Waals surface area contributed by atoms with E-state index in [4.69, 9.17) is 0 Å². The van der Waals surface area contributed by atoms with Gasteiger partial charge < -0.3 is 4.90 Å². The lowest BCUT2D eigenvalue weighted by Crippen LogP contribution is -2.31. The molecule has 136 valence electrons. The zero-order valence-electron chi connectivity index (χ0n) is 12.9. The molecule has 1 aromatic heterocycles. The number of nitrogens with zero attached hydrogens (tertiary/aromatic N) is 3. The van der Waals surface area contributed by atoms with Crippen LogP contribution in [-0.2, 0) is 30.2 Å². The Morgan fingerprint density at radius 2 is 1.72 bits per heavy atom. The maximum absolute atomic E-state index is 12.9. The van der Waals surface area contributed by atoms with Crippen LogP contribution in [0.3, 0.4) is 0 Å². The van der Waals surface area contributed by atoms with Crippen molar-refractivity contribution < 1.29 is 31.1 Å². The third-order valence-corrected chi connectivity index (χ3v) is 3.38. The second-order valence-corrected chi connectivity index (χ2v) is 5.30. The van der Waals surface area contributed by atoms with Gasteiger partial charge in [-0.3, -0.25) is 9.48 Å². The van der Waals surface area contributed by atoms with Gasteiger partial charge in [0.1, 0.15) is 6.54 Å². The molecular weight excluding hydrogens is 352 g/mol. The molecule has 0 unspecified atom stereocenters. The minimum Gasteiger partial charge on any atom is -0.340 e. The lowest BCUT2D eigenvalue weighted by Gasteiger charge is -2.20. The van der Waals surface area contributed by atoms with Crippen molar-refractivity contribution in [2.24, 2.45) is 0 Å². The maximum atomic E-state index is 12.9. The Labute approximate surface area is 138 Å². The molecule has 0 radical (unpaired) electrons. The average Bonchev–Trinajstić information content (AvgIpc) is 2.95. The van der Waals surface area contributed by atoms with E-state index in [0.717, 1.165) is 21.8 Å². The number of carbonyl (C=O) groups excluding carboxylic acids is 1. The highest BCUT2D eigenvalue weighted by atomic mass is 19.4. The van der Waals surface area contributed by atoms with Gasteiger partial charge in [0.25, 0.3) is 0 Å². The summed E-state index contributed by atoms with van der Waals surface area (Å²) in [5, 5.41) is 3.23. The fourth-order valence-corrected chi connectivity index (χ4v) is 2.14. The van der Waals surface area contributed by atoms with Crippen LogP contribution in [0.15, 0.2) is 36.5 Å². The normalized spacial score (nSPS) is 12.3. The van der Waals surface area contributed by atoms with Crippen molar-refractivity contribution >= 4 is 5.91 Å². The van der Waals surface area contributed by atoms with E-state index in [1.807, 2.05) is 0 Å². The Morgan fingerprint density at radius 1 is 1.08 bits per heavy atom. The third-order valence-electron chi connectivity index (χ3n) is 3.38. The van der Waals surface area contributed by atoms with Crippen LogP contribution in [0.1, 0.15) is 16.8 Å². The van der Waals surface area contributed by atoms with Gasteiger partial charge in [-0.05, 0) is 17.7 Å². The first-order chi connectivity index (χ1) is 11.5. The number of alkyl halides is 6. The Hall–Kier alpha value is -2.52. The first-order valence-electron chi connectivity index (χ1n) is 6.98. The molecule has 0 N–H and O–H groups in total. The van der Waals surface area contributed by atoms with Crippen molar-refractivity contribution in [2.75, 3.05) is 7.05 Å². The lowest BCUT2D eigenvalue weighted by molar-refractivity contribution is -0.142. The van der Waals surface area contributed by atoms with Gasteiger partial charge in [0, 0.05) is 19.8 Å². The molecule has 0 saturated carbocycles. The number of aromatic nitrogens is 2. The third kappa shape index (κ3) is 4.74. The van der Waals surface area contributed by atoms with Gasteiger partial charge in [-0.25, -0.2) is 0 Å². The second kappa shape index (κ2) is 6.77. The number of rotatable bonds is 4. The summed E-state index contributed by atoms with van der Waals surface area (Å²) >= 11 is 0. The van der Waals surface area contributed by atoms with Crippen LogP contribution in [0.25, 0.3) is 0 Å². The summed E-state index contributed by atoms with van der Waals surface area (Å²) < 4.78 is 77.0. The predicted octanol–water partition coefficient (Wildman–Crippen LogP) is 3.58. The number of carbonyl (C=O) groups is 1. The molecule has 4 nitrogen and oxygen atoms in total. The van der Waals surface area contributed by atoms with Crippen LogP contribution in [-0.4, -0.2) is 27.6 Å². The fourth-order valence-electron chi connectivity index (χ4n) is 2.14. The number of hydrogen-bond donors (Lipinski definition) is 0. The summed E-state index contributed by atoms with van der Waals surface area (Å²) in [5.74, 6) is -0.672. The van der Waals surface area contributed by atoms with E-state index in [1.54, 1.807) is 0 Å². The summed E-state index contributed by atoms with van der Waals surface area (Å²) in [6.45, 7) is -0.845. The van der Waals surface area contributed by atoms with E-state index < -0.39 is 36.1 Å². The first kappa shape index (κ1) is 18.8. The van der Waals surface area contributed by atoms with Crippen LogP contribution in [0.4, 0.5) is 26.3 Å². The molecule has 0 spiro atoms. The monoisotopic (exact) mass is 365 g/mol. The number of likely N-dealkylation sites (N-methyl/N-ethyl adjacent to an activating group) is 1. The molecule has 2 aromatic rings. The Bertz CT molecular complexity index is 750. The zero-order chi connectivity index (χ0) is 18.8. The minimum absolute atomic E-state index is 0.109. The lowest BCUT2D eigenvalue weighted by atomic mass is 10.1. The standard InChI is InChI=1S/C15H13F6N3O/c1-23(8-10-4-2-3-5-11(10)14(16,17)18)13(25)9-24-7-6-12(22-24)15(19,20)21/h2-7H,8-9H2,1H3. The summed E-state index contributed by atoms with van der Waals surface area (Å²) in [6.07, 6.45) is -8.21. The SMILES string of the molecule is CN(Cc1ccccc1C(F)(F)F)C(=O)Cn1ccc(C(F)(F)F)n1. The van der Waals surface area contributed by atoms with Crippen molar-refractivity contribution in [2.45, 2.75) is 25.4 Å². The molecule has 1 heterocycles. The highest BCUT2D eigenvalue weighted by Crippen LogP contribution is 2.32. The highest BCUT2D eigenvalue weighted by Gasteiger charge is 2.34. The van der Waals surface area contributed by atoms with Gasteiger partial charge >= 0.3 is 12.4 Å². The molecule has 1 aromatic carbocycles. The number of hydrogen-bond acceptors (Lipinski definition) is 2. The molecule has 0 aliphatic rings. The van der Waals surface area contributed by atoms with Crippen molar-refractivity contribution in [1.29, 1.82) is 0 Å². The van der Waals surface area contributed by atoms with E-state index in [-0.39, 0.29) is 12.1 Å². The molecule has 0 atom stereocenters. The molecule has 2 rings (SSSR count). The quantitative estimate of drug-likeness (QED) is 0.777. The van der Waals surface area contributed by atoms with Gasteiger partial charge in [0.05, 0.1) is 5.56 Å². The topological polar surface area (TPSA) is 38.1 Å². The van der Waals surface area contributed by atoms with E-state index in [2.05, 4.69) is 5.10 Å². The molecule has 0 saturated heterocycles. The maximum Gasteiger partial charge on any atom is 0.435 e. The molecule has 1 amide bonds. The van der Waals surface area contributed by atoms with Gasteiger partial charge in [-0.2, -0.15) is 31.4 Å². The van der Waals surface area contributed by atoms with Crippen molar-refractivity contribution in [3.05, 3.63) is 53.3 Å². The molecule has 10 heteroatoms. The summed E-state index contributed by atoms with van der Waals surface area (Å²) in [5.41, 5.74) is -2.12. The predicted molar refractivity (Wildman–Crippen MR) is 75.1 cm³/mol. The zero-order valence-corrected chi connectivity index (χ0v) is 12.9. The van der Waals surface area contributed by atoms with Crippen molar-refractivity contribution in [3.63, 3.8) is 0 Å². The second-order valence-electron chi connectivity index (χ2n) is 5.30. The van der Waals surface area contributed by atoms with Crippen LogP contribution in [0.5, 0.6) is 0 Å². The molecule has 0 bridgehead atoms. The van der Waals surface area contributed by atoms with Crippen LogP contribution in [0.2, 0.25) is 0 Å².